The predicted molar refractivity (Wildman–Crippen MR) is 96.4 cm³/mol. The van der Waals surface area contributed by atoms with Crippen molar-refractivity contribution in [1.82, 2.24) is 15.3 Å². The molecule has 2 fully saturated rings. The Balaban J connectivity index is 1.44. The molecule has 1 aromatic carbocycles. The largest absolute Gasteiger partial charge is 0.373 e. The van der Waals surface area contributed by atoms with Crippen molar-refractivity contribution in [2.24, 2.45) is 0 Å². The zero-order valence-corrected chi connectivity index (χ0v) is 14.7. The summed E-state index contributed by atoms with van der Waals surface area (Å²) in [6, 6.07) is 9.95. The lowest BCUT2D eigenvalue weighted by atomic mass is 9.82. The molecular weight excluding hydrogens is 314 g/mol. The lowest BCUT2D eigenvalue weighted by molar-refractivity contribution is -0.0246. The molecule has 5 heteroatoms. The molecule has 2 aromatic rings. The van der Waals surface area contributed by atoms with Crippen LogP contribution >= 0.6 is 0 Å². The summed E-state index contributed by atoms with van der Waals surface area (Å²) in [6.07, 6.45) is 6.95. The van der Waals surface area contributed by atoms with E-state index in [-0.39, 0.29) is 17.6 Å². The number of aromatic amines is 1. The highest BCUT2D eigenvalue weighted by atomic mass is 16.5. The molecule has 4 rings (SSSR count). The van der Waals surface area contributed by atoms with E-state index in [0.717, 1.165) is 36.3 Å². The van der Waals surface area contributed by atoms with Gasteiger partial charge in [0.1, 0.15) is 11.5 Å². The number of nitrogens with one attached hydrogen (secondary N) is 2. The van der Waals surface area contributed by atoms with Gasteiger partial charge in [0.25, 0.3) is 5.91 Å². The molecule has 1 saturated carbocycles. The zero-order chi connectivity index (χ0) is 17.3. The van der Waals surface area contributed by atoms with Gasteiger partial charge in [-0.05, 0) is 26.2 Å². The Bertz CT molecular complexity index is 748. The topological polar surface area (TPSA) is 67.0 Å². The molecule has 1 aromatic heterocycles. The number of benzene rings is 1. The Morgan fingerprint density at radius 1 is 1.24 bits per heavy atom. The van der Waals surface area contributed by atoms with Crippen LogP contribution in [0.5, 0.6) is 0 Å². The SMILES string of the molecule is Cc1[nH]c(-c2ccccc2)nc1C(=O)N[C@H]1COC2(CCCCC2)C1. The molecule has 2 heterocycles. The molecule has 1 amide bonds. The number of hydrogen-bond acceptors (Lipinski definition) is 3. The van der Waals surface area contributed by atoms with Crippen LogP contribution < -0.4 is 5.32 Å². The molecule has 25 heavy (non-hydrogen) atoms. The molecule has 1 spiro atoms. The van der Waals surface area contributed by atoms with Gasteiger partial charge in [-0.25, -0.2) is 4.98 Å². The van der Waals surface area contributed by atoms with Gasteiger partial charge in [-0.3, -0.25) is 4.79 Å². The Morgan fingerprint density at radius 2 is 2.00 bits per heavy atom. The number of imidazole rings is 1. The first kappa shape index (κ1) is 16.3. The first-order chi connectivity index (χ1) is 12.2. The summed E-state index contributed by atoms with van der Waals surface area (Å²) >= 11 is 0. The smallest absolute Gasteiger partial charge is 0.272 e. The number of hydrogen-bond donors (Lipinski definition) is 2. The fourth-order valence-corrected chi connectivity index (χ4v) is 4.15. The van der Waals surface area contributed by atoms with Gasteiger partial charge in [0, 0.05) is 11.3 Å². The van der Waals surface area contributed by atoms with E-state index in [2.05, 4.69) is 15.3 Å². The summed E-state index contributed by atoms with van der Waals surface area (Å²) in [5.41, 5.74) is 2.26. The summed E-state index contributed by atoms with van der Waals surface area (Å²) < 4.78 is 6.09. The van der Waals surface area contributed by atoms with Crippen LogP contribution in [0.3, 0.4) is 0 Å². The number of carbonyl (C=O) groups excluding carboxylic acids is 1. The van der Waals surface area contributed by atoms with Crippen LogP contribution in [0, 0.1) is 6.92 Å². The quantitative estimate of drug-likeness (QED) is 0.898. The predicted octanol–water partition coefficient (Wildman–Crippen LogP) is 3.61. The highest BCUT2D eigenvalue weighted by molar-refractivity contribution is 5.94. The fraction of sp³-hybridized carbons (Fsp3) is 0.500. The fourth-order valence-electron chi connectivity index (χ4n) is 4.15. The number of aromatic nitrogens is 2. The van der Waals surface area contributed by atoms with Gasteiger partial charge >= 0.3 is 0 Å². The molecule has 1 aliphatic heterocycles. The van der Waals surface area contributed by atoms with Crippen molar-refractivity contribution in [1.29, 1.82) is 0 Å². The Labute approximate surface area is 148 Å². The third-order valence-corrected chi connectivity index (χ3v) is 5.46. The van der Waals surface area contributed by atoms with Crippen LogP contribution in [0.2, 0.25) is 0 Å². The monoisotopic (exact) mass is 339 g/mol. The van der Waals surface area contributed by atoms with Gasteiger partial charge in [0.2, 0.25) is 0 Å². The second-order valence-corrected chi connectivity index (χ2v) is 7.35. The van der Waals surface area contributed by atoms with E-state index in [0.29, 0.717) is 12.3 Å². The van der Waals surface area contributed by atoms with E-state index in [1.165, 1.54) is 19.3 Å². The van der Waals surface area contributed by atoms with Gasteiger partial charge in [-0.1, -0.05) is 49.6 Å². The van der Waals surface area contributed by atoms with Crippen LogP contribution in [-0.4, -0.2) is 34.1 Å². The molecule has 2 N–H and O–H groups in total. The second-order valence-electron chi connectivity index (χ2n) is 7.35. The van der Waals surface area contributed by atoms with Crippen molar-refractivity contribution >= 4 is 5.91 Å². The molecule has 1 saturated heterocycles. The number of carbonyl (C=O) groups is 1. The van der Waals surface area contributed by atoms with Crippen molar-refractivity contribution in [3.63, 3.8) is 0 Å². The van der Waals surface area contributed by atoms with Crippen LogP contribution in [-0.2, 0) is 4.74 Å². The van der Waals surface area contributed by atoms with Gasteiger partial charge in [0.15, 0.2) is 0 Å². The summed E-state index contributed by atoms with van der Waals surface area (Å²) in [6.45, 7) is 2.50. The normalized spacial score (nSPS) is 22.2. The summed E-state index contributed by atoms with van der Waals surface area (Å²) in [5, 5.41) is 3.13. The van der Waals surface area contributed by atoms with Crippen LogP contribution in [0.25, 0.3) is 11.4 Å². The lowest BCUT2D eigenvalue weighted by Gasteiger charge is -2.32. The molecule has 2 aliphatic rings. The lowest BCUT2D eigenvalue weighted by Crippen LogP contribution is -2.37. The first-order valence-electron chi connectivity index (χ1n) is 9.22. The Hall–Kier alpha value is -2.14. The van der Waals surface area contributed by atoms with Crippen LogP contribution in [0.1, 0.15) is 54.7 Å². The number of ether oxygens (including phenoxy) is 1. The number of amides is 1. The van der Waals surface area contributed by atoms with Gasteiger partial charge in [-0.2, -0.15) is 0 Å². The number of H-pyrrole nitrogens is 1. The van der Waals surface area contributed by atoms with E-state index in [9.17, 15) is 4.79 Å². The van der Waals surface area contributed by atoms with Crippen LogP contribution in [0.15, 0.2) is 30.3 Å². The first-order valence-corrected chi connectivity index (χ1v) is 9.22. The molecule has 0 bridgehead atoms. The number of nitrogens with zero attached hydrogens (tertiary/aromatic N) is 1. The summed E-state index contributed by atoms with van der Waals surface area (Å²) in [7, 11) is 0. The van der Waals surface area contributed by atoms with Gasteiger partial charge in [-0.15, -0.1) is 0 Å². The minimum Gasteiger partial charge on any atom is -0.373 e. The van der Waals surface area contributed by atoms with Crippen molar-refractivity contribution in [3.8, 4) is 11.4 Å². The molecule has 0 unspecified atom stereocenters. The summed E-state index contributed by atoms with van der Waals surface area (Å²) in [4.78, 5) is 20.4. The third-order valence-electron chi connectivity index (χ3n) is 5.46. The molecule has 132 valence electrons. The van der Waals surface area contributed by atoms with Crippen LogP contribution in [0.4, 0.5) is 0 Å². The zero-order valence-electron chi connectivity index (χ0n) is 14.7. The molecule has 1 aliphatic carbocycles. The Morgan fingerprint density at radius 3 is 2.76 bits per heavy atom. The van der Waals surface area contributed by atoms with E-state index in [1.54, 1.807) is 0 Å². The highest BCUT2D eigenvalue weighted by Gasteiger charge is 2.41. The third kappa shape index (κ3) is 3.33. The molecule has 5 nitrogen and oxygen atoms in total. The Kier molecular flexibility index (Phi) is 4.34. The average molecular weight is 339 g/mol. The minimum atomic E-state index is -0.114. The summed E-state index contributed by atoms with van der Waals surface area (Å²) in [5.74, 6) is 0.618. The molecule has 0 radical (unpaired) electrons. The molecule has 1 atom stereocenters. The van der Waals surface area contributed by atoms with Gasteiger partial charge < -0.3 is 15.0 Å². The minimum absolute atomic E-state index is 0.00597. The van der Waals surface area contributed by atoms with E-state index >= 15 is 0 Å². The van der Waals surface area contributed by atoms with Crippen molar-refractivity contribution in [2.75, 3.05) is 6.61 Å². The number of aryl methyl sites for hydroxylation is 1. The molecular formula is C20H25N3O2. The van der Waals surface area contributed by atoms with Crippen molar-refractivity contribution < 1.29 is 9.53 Å². The highest BCUT2D eigenvalue weighted by Crippen LogP contribution is 2.39. The maximum Gasteiger partial charge on any atom is 0.272 e. The maximum absolute atomic E-state index is 12.7. The van der Waals surface area contributed by atoms with E-state index in [4.69, 9.17) is 4.74 Å². The van der Waals surface area contributed by atoms with Crippen molar-refractivity contribution in [2.45, 2.75) is 57.1 Å². The second kappa shape index (κ2) is 6.64. The standard InChI is InChI=1S/C20H25N3O2/c1-14-17(23-18(21-14)15-8-4-2-5-9-15)19(24)22-16-12-20(25-13-16)10-6-3-7-11-20/h2,4-5,8-9,16H,3,6-7,10-13H2,1H3,(H,21,23)(H,22,24)/t16-/m1/s1. The van der Waals surface area contributed by atoms with Crippen molar-refractivity contribution in [3.05, 3.63) is 41.7 Å². The number of rotatable bonds is 3. The maximum atomic E-state index is 12.7. The average Bonchev–Trinajstić information content (AvgIpc) is 3.20. The van der Waals surface area contributed by atoms with E-state index < -0.39 is 0 Å². The van der Waals surface area contributed by atoms with Gasteiger partial charge in [0.05, 0.1) is 18.2 Å². The van der Waals surface area contributed by atoms with E-state index in [1.807, 2.05) is 37.3 Å².